The Balaban J connectivity index is 1.64. The zero-order valence-electron chi connectivity index (χ0n) is 14.5. The Labute approximate surface area is 142 Å². The van der Waals surface area contributed by atoms with Gasteiger partial charge in [-0.15, -0.1) is 10.2 Å². The molecule has 1 saturated heterocycles. The van der Waals surface area contributed by atoms with Gasteiger partial charge in [0.05, 0.1) is 6.04 Å². The molecule has 1 N–H and O–H groups in total. The van der Waals surface area contributed by atoms with Gasteiger partial charge in [-0.25, -0.2) is 0 Å². The van der Waals surface area contributed by atoms with Gasteiger partial charge in [-0.2, -0.15) is 0 Å². The van der Waals surface area contributed by atoms with E-state index in [0.717, 1.165) is 50.4 Å². The van der Waals surface area contributed by atoms with Crippen LogP contribution in [0.3, 0.4) is 0 Å². The molecule has 0 radical (unpaired) electrons. The fourth-order valence-electron chi connectivity index (χ4n) is 3.74. The van der Waals surface area contributed by atoms with Gasteiger partial charge >= 0.3 is 0 Å². The van der Waals surface area contributed by atoms with Crippen molar-refractivity contribution < 1.29 is 9.59 Å². The van der Waals surface area contributed by atoms with E-state index in [4.69, 9.17) is 0 Å². The Morgan fingerprint density at radius 3 is 2.88 bits per heavy atom. The maximum Gasteiger partial charge on any atom is 0.223 e. The lowest BCUT2D eigenvalue weighted by Gasteiger charge is -2.24. The number of aryl methyl sites for hydroxylation is 1. The first-order valence-electron chi connectivity index (χ1n) is 9.12. The van der Waals surface area contributed by atoms with Crippen molar-refractivity contribution in [3.8, 4) is 0 Å². The summed E-state index contributed by atoms with van der Waals surface area (Å²) in [6, 6.07) is 0.0672. The van der Waals surface area contributed by atoms with Gasteiger partial charge < -0.3 is 14.8 Å². The Morgan fingerprint density at radius 1 is 1.17 bits per heavy atom. The average Bonchev–Trinajstić information content (AvgIpc) is 3.12. The van der Waals surface area contributed by atoms with Crippen LogP contribution in [-0.4, -0.2) is 44.6 Å². The lowest BCUT2D eigenvalue weighted by molar-refractivity contribution is -0.132. The van der Waals surface area contributed by atoms with Crippen LogP contribution in [0.2, 0.25) is 0 Å². The summed E-state index contributed by atoms with van der Waals surface area (Å²) in [5.74, 6) is 2.16. The molecule has 2 amide bonds. The molecule has 0 aliphatic carbocycles. The molecule has 0 spiro atoms. The Kier molecular flexibility index (Phi) is 5.48. The highest BCUT2D eigenvalue weighted by Crippen LogP contribution is 2.32. The van der Waals surface area contributed by atoms with Crippen molar-refractivity contribution in [3.63, 3.8) is 0 Å². The zero-order valence-corrected chi connectivity index (χ0v) is 14.5. The largest absolute Gasteiger partial charge is 0.356 e. The fraction of sp³-hybridized carbons (Fsp3) is 0.765. The number of hydrogen-bond acceptors (Lipinski definition) is 4. The SMILES string of the molecule is CC(=O)NCCCC(=O)N1CCCC1c1nnc2n1CCCCC2. The Bertz CT molecular complexity index is 598. The van der Waals surface area contributed by atoms with Crippen molar-refractivity contribution in [2.45, 2.75) is 70.9 Å². The van der Waals surface area contributed by atoms with Crippen LogP contribution in [0.25, 0.3) is 0 Å². The lowest BCUT2D eigenvalue weighted by atomic mass is 10.2. The molecule has 1 aromatic rings. The van der Waals surface area contributed by atoms with E-state index in [2.05, 4.69) is 20.1 Å². The minimum Gasteiger partial charge on any atom is -0.356 e. The van der Waals surface area contributed by atoms with Gasteiger partial charge in [0, 0.05) is 39.4 Å². The van der Waals surface area contributed by atoms with Crippen LogP contribution in [-0.2, 0) is 22.6 Å². The molecule has 7 nitrogen and oxygen atoms in total. The number of amides is 2. The standard InChI is InChI=1S/C17H27N5O2/c1-13(23)18-10-5-9-16(24)21-12-6-7-14(21)17-20-19-15-8-3-2-4-11-22(15)17/h14H,2-12H2,1H3,(H,18,23). The summed E-state index contributed by atoms with van der Waals surface area (Å²) in [5.41, 5.74) is 0. The molecular formula is C17H27N5O2. The van der Waals surface area contributed by atoms with E-state index in [0.29, 0.717) is 19.4 Å². The number of rotatable bonds is 5. The Hall–Kier alpha value is -1.92. The number of nitrogens with zero attached hydrogens (tertiary/aromatic N) is 4. The van der Waals surface area contributed by atoms with E-state index in [1.165, 1.54) is 19.8 Å². The summed E-state index contributed by atoms with van der Waals surface area (Å²) in [7, 11) is 0. The molecule has 1 aromatic heterocycles. The van der Waals surface area contributed by atoms with Gasteiger partial charge in [-0.1, -0.05) is 6.42 Å². The van der Waals surface area contributed by atoms with Crippen LogP contribution in [0, 0.1) is 0 Å². The van der Waals surface area contributed by atoms with Crippen LogP contribution < -0.4 is 5.32 Å². The van der Waals surface area contributed by atoms with Crippen molar-refractivity contribution in [1.82, 2.24) is 25.0 Å². The minimum absolute atomic E-state index is 0.0485. The number of carbonyl (C=O) groups is 2. The van der Waals surface area contributed by atoms with Gasteiger partial charge in [-0.3, -0.25) is 9.59 Å². The first kappa shape index (κ1) is 16.9. The van der Waals surface area contributed by atoms with E-state index in [-0.39, 0.29) is 17.9 Å². The predicted octanol–water partition coefficient (Wildman–Crippen LogP) is 1.58. The number of carbonyl (C=O) groups excluding carboxylic acids is 2. The number of fused-ring (bicyclic) bond motifs is 1. The summed E-state index contributed by atoms with van der Waals surface area (Å²) in [6.07, 6.45) is 7.70. The van der Waals surface area contributed by atoms with Gasteiger partial charge in [0.25, 0.3) is 0 Å². The van der Waals surface area contributed by atoms with Crippen LogP contribution >= 0.6 is 0 Å². The molecule has 0 saturated carbocycles. The smallest absolute Gasteiger partial charge is 0.223 e. The van der Waals surface area contributed by atoms with E-state index in [1.807, 2.05) is 4.90 Å². The summed E-state index contributed by atoms with van der Waals surface area (Å²) in [6.45, 7) is 3.82. The van der Waals surface area contributed by atoms with Crippen LogP contribution in [0.15, 0.2) is 0 Å². The number of hydrogen-bond donors (Lipinski definition) is 1. The maximum absolute atomic E-state index is 12.6. The van der Waals surface area contributed by atoms with Crippen LogP contribution in [0.1, 0.15) is 69.6 Å². The third kappa shape index (κ3) is 3.76. The van der Waals surface area contributed by atoms with Gasteiger partial charge in [0.15, 0.2) is 5.82 Å². The summed E-state index contributed by atoms with van der Waals surface area (Å²) in [5, 5.41) is 11.6. The molecule has 2 aliphatic heterocycles. The van der Waals surface area contributed by atoms with Crippen molar-refractivity contribution in [2.24, 2.45) is 0 Å². The molecule has 0 aromatic carbocycles. The quantitative estimate of drug-likeness (QED) is 0.830. The predicted molar refractivity (Wildman–Crippen MR) is 89.2 cm³/mol. The molecule has 1 atom stereocenters. The van der Waals surface area contributed by atoms with Crippen molar-refractivity contribution >= 4 is 11.8 Å². The number of aromatic nitrogens is 3. The molecule has 24 heavy (non-hydrogen) atoms. The van der Waals surface area contributed by atoms with Gasteiger partial charge in [-0.05, 0) is 32.1 Å². The lowest BCUT2D eigenvalue weighted by Crippen LogP contribution is -2.32. The molecule has 1 fully saturated rings. The fourth-order valence-corrected chi connectivity index (χ4v) is 3.74. The normalized spacial score (nSPS) is 20.5. The van der Waals surface area contributed by atoms with Gasteiger partial charge in [0.1, 0.15) is 5.82 Å². The molecule has 7 heteroatoms. The third-order valence-corrected chi connectivity index (χ3v) is 4.95. The third-order valence-electron chi connectivity index (χ3n) is 4.95. The van der Waals surface area contributed by atoms with E-state index < -0.39 is 0 Å². The molecular weight excluding hydrogens is 306 g/mol. The highest BCUT2D eigenvalue weighted by atomic mass is 16.2. The van der Waals surface area contributed by atoms with E-state index in [1.54, 1.807) is 0 Å². The second-order valence-electron chi connectivity index (χ2n) is 6.77. The average molecular weight is 333 g/mol. The summed E-state index contributed by atoms with van der Waals surface area (Å²) >= 11 is 0. The minimum atomic E-state index is -0.0485. The number of likely N-dealkylation sites (tertiary alicyclic amines) is 1. The highest BCUT2D eigenvalue weighted by molar-refractivity contribution is 5.77. The molecule has 0 bridgehead atoms. The molecule has 2 aliphatic rings. The van der Waals surface area contributed by atoms with Crippen molar-refractivity contribution in [1.29, 1.82) is 0 Å². The summed E-state index contributed by atoms with van der Waals surface area (Å²) < 4.78 is 2.25. The molecule has 1 unspecified atom stereocenters. The monoisotopic (exact) mass is 333 g/mol. The Morgan fingerprint density at radius 2 is 2.04 bits per heavy atom. The first-order chi connectivity index (χ1) is 11.7. The van der Waals surface area contributed by atoms with Crippen molar-refractivity contribution in [2.75, 3.05) is 13.1 Å². The second kappa shape index (κ2) is 7.77. The zero-order chi connectivity index (χ0) is 16.9. The maximum atomic E-state index is 12.6. The van der Waals surface area contributed by atoms with Crippen LogP contribution in [0.5, 0.6) is 0 Å². The number of nitrogens with one attached hydrogen (secondary N) is 1. The van der Waals surface area contributed by atoms with Gasteiger partial charge in [0.2, 0.25) is 11.8 Å². The van der Waals surface area contributed by atoms with E-state index in [9.17, 15) is 9.59 Å². The van der Waals surface area contributed by atoms with Crippen LogP contribution in [0.4, 0.5) is 0 Å². The first-order valence-corrected chi connectivity index (χ1v) is 9.12. The molecule has 132 valence electrons. The molecule has 3 rings (SSSR count). The summed E-state index contributed by atoms with van der Waals surface area (Å²) in [4.78, 5) is 25.4. The second-order valence-corrected chi connectivity index (χ2v) is 6.77. The van der Waals surface area contributed by atoms with Crippen molar-refractivity contribution in [3.05, 3.63) is 11.6 Å². The highest BCUT2D eigenvalue weighted by Gasteiger charge is 2.34. The topological polar surface area (TPSA) is 80.1 Å². The molecule has 3 heterocycles. The van der Waals surface area contributed by atoms with E-state index >= 15 is 0 Å².